The van der Waals surface area contributed by atoms with Crippen molar-refractivity contribution < 1.29 is 9.59 Å². The third-order valence-corrected chi connectivity index (χ3v) is 6.24. The van der Waals surface area contributed by atoms with Gasteiger partial charge in [0, 0.05) is 55.8 Å². The van der Waals surface area contributed by atoms with E-state index in [1.807, 2.05) is 13.0 Å². The van der Waals surface area contributed by atoms with Gasteiger partial charge in [-0.25, -0.2) is 0 Å². The number of benzene rings is 1. The maximum atomic E-state index is 12.6. The Kier molecular flexibility index (Phi) is 4.28. The van der Waals surface area contributed by atoms with Crippen molar-refractivity contribution in [1.29, 1.82) is 0 Å². The van der Waals surface area contributed by atoms with E-state index in [1.165, 1.54) is 5.69 Å². The van der Waals surface area contributed by atoms with E-state index >= 15 is 0 Å². The molecular weight excluding hydrogens is 314 g/mol. The fourth-order valence-electron chi connectivity index (χ4n) is 4.67. The molecule has 25 heavy (non-hydrogen) atoms. The molecule has 0 spiro atoms. The highest BCUT2D eigenvalue weighted by molar-refractivity contribution is 5.98. The van der Waals surface area contributed by atoms with Gasteiger partial charge in [0.2, 0.25) is 5.91 Å². The predicted octanol–water partition coefficient (Wildman–Crippen LogP) is 2.30. The molecule has 1 heterocycles. The Morgan fingerprint density at radius 3 is 2.56 bits per heavy atom. The number of piperazine rings is 1. The fraction of sp³-hybridized carbons (Fsp3) is 0.600. The van der Waals surface area contributed by atoms with E-state index in [1.54, 1.807) is 0 Å². The van der Waals surface area contributed by atoms with Crippen LogP contribution in [-0.2, 0) is 9.59 Å². The average Bonchev–Trinajstić information content (AvgIpc) is 3.17. The molecule has 4 rings (SSSR count). The smallest absolute Gasteiger partial charge is 0.228 e. The molecule has 1 amide bonds. The van der Waals surface area contributed by atoms with Gasteiger partial charge in [0.05, 0.1) is 0 Å². The number of nitrogens with one attached hydrogen (secondary N) is 1. The second-order valence-corrected chi connectivity index (χ2v) is 8.00. The number of rotatable bonds is 3. The molecule has 1 aromatic carbocycles. The molecule has 1 N–H and O–H groups in total. The Hall–Kier alpha value is -1.88. The highest BCUT2D eigenvalue weighted by atomic mass is 16.2. The van der Waals surface area contributed by atoms with Crippen LogP contribution in [0, 0.1) is 24.7 Å². The maximum Gasteiger partial charge on any atom is 0.228 e. The largest absolute Gasteiger partial charge is 0.369 e. The number of hydrogen-bond acceptors (Lipinski definition) is 4. The van der Waals surface area contributed by atoms with Crippen LogP contribution in [0.4, 0.5) is 11.4 Å². The summed E-state index contributed by atoms with van der Waals surface area (Å²) < 4.78 is 0. The molecule has 0 radical (unpaired) electrons. The molecule has 2 saturated carbocycles. The minimum atomic E-state index is -0.122. The molecule has 1 aliphatic heterocycles. The molecule has 1 unspecified atom stereocenters. The molecule has 3 aliphatic rings. The fourth-order valence-corrected chi connectivity index (χ4v) is 4.67. The quantitative estimate of drug-likeness (QED) is 0.917. The van der Waals surface area contributed by atoms with Crippen molar-refractivity contribution in [2.45, 2.75) is 26.2 Å². The summed E-state index contributed by atoms with van der Waals surface area (Å²) >= 11 is 0. The van der Waals surface area contributed by atoms with Crippen LogP contribution in [0.2, 0.25) is 0 Å². The number of anilines is 2. The van der Waals surface area contributed by atoms with Crippen LogP contribution >= 0.6 is 0 Å². The minimum Gasteiger partial charge on any atom is -0.369 e. The number of fused-ring (bicyclic) bond motifs is 2. The van der Waals surface area contributed by atoms with Gasteiger partial charge in [-0.1, -0.05) is 0 Å². The topological polar surface area (TPSA) is 52.6 Å². The molecule has 134 valence electrons. The van der Waals surface area contributed by atoms with Gasteiger partial charge < -0.3 is 15.1 Å². The number of hydrogen-bond donors (Lipinski definition) is 1. The summed E-state index contributed by atoms with van der Waals surface area (Å²) in [6.07, 6.45) is 2.48. The molecule has 3 atom stereocenters. The summed E-state index contributed by atoms with van der Waals surface area (Å²) in [6, 6.07) is 6.27. The van der Waals surface area contributed by atoms with Crippen LogP contribution in [0.15, 0.2) is 18.2 Å². The van der Waals surface area contributed by atoms with Gasteiger partial charge in [0.15, 0.2) is 0 Å². The van der Waals surface area contributed by atoms with Crippen LogP contribution < -0.4 is 10.2 Å². The normalized spacial score (nSPS) is 29.3. The lowest BCUT2D eigenvalue weighted by Gasteiger charge is -2.34. The monoisotopic (exact) mass is 341 g/mol. The first-order valence-corrected chi connectivity index (χ1v) is 9.39. The zero-order valence-corrected chi connectivity index (χ0v) is 15.1. The summed E-state index contributed by atoms with van der Waals surface area (Å²) in [5.74, 6) is 0.598. The van der Waals surface area contributed by atoms with Gasteiger partial charge >= 0.3 is 0 Å². The van der Waals surface area contributed by atoms with Crippen LogP contribution in [-0.4, -0.2) is 49.8 Å². The number of aryl methyl sites for hydroxylation is 1. The zero-order valence-electron chi connectivity index (χ0n) is 15.1. The number of likely N-dealkylation sites (N-methyl/N-ethyl adjacent to an activating group) is 1. The molecule has 0 aromatic heterocycles. The lowest BCUT2D eigenvalue weighted by molar-refractivity contribution is -0.130. The van der Waals surface area contributed by atoms with Crippen molar-refractivity contribution in [3.05, 3.63) is 23.8 Å². The Bertz CT molecular complexity index is 694. The van der Waals surface area contributed by atoms with Crippen molar-refractivity contribution in [3.8, 4) is 0 Å². The van der Waals surface area contributed by atoms with Crippen molar-refractivity contribution in [2.24, 2.45) is 17.8 Å². The minimum absolute atomic E-state index is 0.0241. The van der Waals surface area contributed by atoms with E-state index in [4.69, 9.17) is 0 Å². The van der Waals surface area contributed by atoms with E-state index < -0.39 is 0 Å². The first-order valence-electron chi connectivity index (χ1n) is 9.39. The summed E-state index contributed by atoms with van der Waals surface area (Å²) in [5.41, 5.74) is 3.18. The number of ketones is 1. The second-order valence-electron chi connectivity index (χ2n) is 8.00. The van der Waals surface area contributed by atoms with E-state index in [2.05, 4.69) is 34.3 Å². The number of Topliss-reactive ketones (excluding diaryl/α,β-unsaturated/α-hetero) is 1. The van der Waals surface area contributed by atoms with Crippen molar-refractivity contribution in [2.75, 3.05) is 43.4 Å². The van der Waals surface area contributed by atoms with E-state index in [0.717, 1.165) is 50.3 Å². The predicted molar refractivity (Wildman–Crippen MR) is 98.8 cm³/mol. The Morgan fingerprint density at radius 2 is 1.92 bits per heavy atom. The Morgan fingerprint density at radius 1 is 1.16 bits per heavy atom. The molecule has 2 aliphatic carbocycles. The van der Waals surface area contributed by atoms with Crippen LogP contribution in [0.3, 0.4) is 0 Å². The maximum absolute atomic E-state index is 12.6. The van der Waals surface area contributed by atoms with Gasteiger partial charge in [-0.05, 0) is 56.5 Å². The molecule has 2 bridgehead atoms. The lowest BCUT2D eigenvalue weighted by atomic mass is 9.87. The van der Waals surface area contributed by atoms with E-state index in [0.29, 0.717) is 18.1 Å². The average molecular weight is 341 g/mol. The van der Waals surface area contributed by atoms with Gasteiger partial charge in [0.1, 0.15) is 5.78 Å². The van der Waals surface area contributed by atoms with Crippen LogP contribution in [0.5, 0.6) is 0 Å². The number of carbonyl (C=O) groups excluding carboxylic acids is 2. The Balaban J connectivity index is 1.43. The number of carbonyl (C=O) groups is 2. The van der Waals surface area contributed by atoms with Crippen LogP contribution in [0.25, 0.3) is 0 Å². The summed E-state index contributed by atoms with van der Waals surface area (Å²) in [6.45, 7) is 6.27. The number of amides is 1. The zero-order chi connectivity index (χ0) is 17.6. The molecule has 5 heteroatoms. The molecule has 1 aromatic rings. The second kappa shape index (κ2) is 6.45. The third kappa shape index (κ3) is 3.17. The van der Waals surface area contributed by atoms with Crippen molar-refractivity contribution in [1.82, 2.24) is 4.90 Å². The van der Waals surface area contributed by atoms with Crippen molar-refractivity contribution >= 4 is 23.1 Å². The highest BCUT2D eigenvalue weighted by Gasteiger charge is 2.48. The summed E-state index contributed by atoms with van der Waals surface area (Å²) in [5, 5.41) is 3.08. The Labute approximate surface area is 149 Å². The van der Waals surface area contributed by atoms with Crippen molar-refractivity contribution in [3.63, 3.8) is 0 Å². The summed E-state index contributed by atoms with van der Waals surface area (Å²) in [4.78, 5) is 29.3. The highest BCUT2D eigenvalue weighted by Crippen LogP contribution is 2.46. The van der Waals surface area contributed by atoms with Gasteiger partial charge in [-0.2, -0.15) is 0 Å². The van der Waals surface area contributed by atoms with E-state index in [9.17, 15) is 9.59 Å². The SMILES string of the molecule is Cc1cc(N2CCN(C)CC2)ccc1NC(=O)C1C[C@H]2CC(=O)[C@@H]1C2. The molecular formula is C20H27N3O2. The molecule has 5 nitrogen and oxygen atoms in total. The number of nitrogens with zero attached hydrogens (tertiary/aromatic N) is 2. The first kappa shape index (κ1) is 16.6. The standard InChI is InChI=1S/C20H27N3O2/c1-13-9-15(23-7-5-22(2)6-8-23)3-4-18(13)21-20(25)17-11-14-10-16(17)19(24)12-14/h3-4,9,14,16-17H,5-8,10-12H2,1-2H3,(H,21,25)/t14-,16+,17?/m0/s1. The molecule has 1 saturated heterocycles. The first-order chi connectivity index (χ1) is 12.0. The van der Waals surface area contributed by atoms with Gasteiger partial charge in [0.25, 0.3) is 0 Å². The molecule has 3 fully saturated rings. The van der Waals surface area contributed by atoms with Gasteiger partial charge in [-0.3, -0.25) is 9.59 Å². The third-order valence-electron chi connectivity index (χ3n) is 6.24. The van der Waals surface area contributed by atoms with E-state index in [-0.39, 0.29) is 17.7 Å². The lowest BCUT2D eigenvalue weighted by Crippen LogP contribution is -2.44. The summed E-state index contributed by atoms with van der Waals surface area (Å²) in [7, 11) is 2.15. The van der Waals surface area contributed by atoms with Crippen LogP contribution in [0.1, 0.15) is 24.8 Å². The van der Waals surface area contributed by atoms with Gasteiger partial charge in [-0.15, -0.1) is 0 Å².